The van der Waals surface area contributed by atoms with Gasteiger partial charge in [-0.1, -0.05) is 0 Å². The topological polar surface area (TPSA) is 32.3 Å². The van der Waals surface area contributed by atoms with Crippen LogP contribution in [-0.2, 0) is 0 Å². The maximum Gasteiger partial charge on any atom is 0.254 e. The summed E-state index contributed by atoms with van der Waals surface area (Å²) in [6, 6.07) is 8.26. The lowest BCUT2D eigenvalue weighted by Gasteiger charge is -2.27. The predicted molar refractivity (Wildman–Crippen MR) is 68.2 cm³/mol. The predicted octanol–water partition coefficient (Wildman–Crippen LogP) is 2.35. The highest BCUT2D eigenvalue weighted by Gasteiger charge is 2.40. The van der Waals surface area contributed by atoms with Gasteiger partial charge in [0.05, 0.1) is 0 Å². The molecule has 0 aromatic heterocycles. The van der Waals surface area contributed by atoms with E-state index in [1.54, 1.807) is 0 Å². The highest BCUT2D eigenvalue weighted by atomic mass is 16.2. The molecule has 2 bridgehead atoms. The number of fused-ring (bicyclic) bond motifs is 2. The molecule has 3 heteroatoms. The quantitative estimate of drug-likeness (QED) is 0.846. The van der Waals surface area contributed by atoms with Crippen LogP contribution in [-0.4, -0.2) is 30.4 Å². The summed E-state index contributed by atoms with van der Waals surface area (Å²) < 4.78 is 0. The van der Waals surface area contributed by atoms with Gasteiger partial charge in [0.2, 0.25) is 0 Å². The number of nitrogens with one attached hydrogen (secondary N) is 1. The van der Waals surface area contributed by atoms with Crippen LogP contribution >= 0.6 is 0 Å². The molecular formula is C14H18N2O. The minimum Gasteiger partial charge on any atom is -0.388 e. The van der Waals surface area contributed by atoms with Crippen molar-refractivity contribution in [2.24, 2.45) is 5.92 Å². The normalized spacial score (nSPS) is 26.3. The molecule has 1 saturated carbocycles. The fourth-order valence-corrected chi connectivity index (χ4v) is 3.12. The van der Waals surface area contributed by atoms with Gasteiger partial charge in [-0.15, -0.1) is 0 Å². The standard InChI is InChI=1S/C14H18N2O/c1-15-12-5-3-11(4-6-12)14(17)16-9-10-2-7-13(16)8-10/h3-6,10,13,15H,2,7-9H2,1H3. The Morgan fingerprint density at radius 2 is 2.06 bits per heavy atom. The first-order valence-electron chi connectivity index (χ1n) is 6.36. The van der Waals surface area contributed by atoms with Gasteiger partial charge in [0.25, 0.3) is 5.91 Å². The number of rotatable bonds is 2. The van der Waals surface area contributed by atoms with E-state index in [0.29, 0.717) is 6.04 Å². The number of nitrogens with zero attached hydrogens (tertiary/aromatic N) is 1. The first kappa shape index (κ1) is 10.6. The number of amides is 1. The fourth-order valence-electron chi connectivity index (χ4n) is 3.12. The lowest BCUT2D eigenvalue weighted by molar-refractivity contribution is 0.0703. The molecule has 2 atom stereocenters. The second-order valence-electron chi connectivity index (χ2n) is 5.12. The van der Waals surface area contributed by atoms with E-state index in [0.717, 1.165) is 23.7 Å². The summed E-state index contributed by atoms with van der Waals surface area (Å²) in [6.07, 6.45) is 3.73. The van der Waals surface area contributed by atoms with E-state index in [1.807, 2.05) is 31.3 Å². The van der Waals surface area contributed by atoms with Crippen LogP contribution in [0.2, 0.25) is 0 Å². The van der Waals surface area contributed by atoms with E-state index in [4.69, 9.17) is 0 Å². The van der Waals surface area contributed by atoms with Crippen LogP contribution in [0.3, 0.4) is 0 Å². The van der Waals surface area contributed by atoms with Gasteiger partial charge < -0.3 is 10.2 Å². The third kappa shape index (κ3) is 1.79. The zero-order valence-electron chi connectivity index (χ0n) is 10.1. The van der Waals surface area contributed by atoms with E-state index in [2.05, 4.69) is 10.2 Å². The number of carbonyl (C=O) groups excluding carboxylic acids is 1. The average molecular weight is 230 g/mol. The van der Waals surface area contributed by atoms with Gasteiger partial charge in [-0.25, -0.2) is 0 Å². The molecule has 0 spiro atoms. The molecule has 3 nitrogen and oxygen atoms in total. The third-order valence-corrected chi connectivity index (χ3v) is 4.09. The van der Waals surface area contributed by atoms with Crippen molar-refractivity contribution in [2.75, 3.05) is 18.9 Å². The highest BCUT2D eigenvalue weighted by Crippen LogP contribution is 2.38. The Kier molecular flexibility index (Phi) is 2.54. The summed E-state index contributed by atoms with van der Waals surface area (Å²) in [5, 5.41) is 3.06. The molecule has 17 heavy (non-hydrogen) atoms. The van der Waals surface area contributed by atoms with E-state index in [1.165, 1.54) is 19.3 Å². The number of piperidine rings is 1. The average Bonchev–Trinajstić information content (AvgIpc) is 3.00. The molecule has 2 fully saturated rings. The minimum atomic E-state index is 0.208. The number of benzene rings is 1. The second kappa shape index (κ2) is 4.06. The van der Waals surface area contributed by atoms with Gasteiger partial charge in [0.1, 0.15) is 0 Å². The fraction of sp³-hybridized carbons (Fsp3) is 0.500. The Morgan fingerprint density at radius 1 is 1.29 bits per heavy atom. The van der Waals surface area contributed by atoms with E-state index in [-0.39, 0.29) is 5.91 Å². The zero-order valence-corrected chi connectivity index (χ0v) is 10.1. The van der Waals surface area contributed by atoms with E-state index < -0.39 is 0 Å². The van der Waals surface area contributed by atoms with Crippen LogP contribution < -0.4 is 5.32 Å². The molecule has 2 aliphatic rings. The van der Waals surface area contributed by atoms with Gasteiger partial charge in [0.15, 0.2) is 0 Å². The van der Waals surface area contributed by atoms with Crippen molar-refractivity contribution < 1.29 is 4.79 Å². The van der Waals surface area contributed by atoms with Gasteiger partial charge in [-0.05, 0) is 49.4 Å². The molecule has 0 radical (unpaired) electrons. The Morgan fingerprint density at radius 3 is 2.59 bits per heavy atom. The number of carbonyl (C=O) groups is 1. The maximum absolute atomic E-state index is 12.3. The largest absolute Gasteiger partial charge is 0.388 e. The van der Waals surface area contributed by atoms with Crippen molar-refractivity contribution in [3.05, 3.63) is 29.8 Å². The molecule has 1 amide bonds. The molecule has 3 rings (SSSR count). The molecule has 1 aromatic rings. The molecule has 1 aliphatic heterocycles. The summed E-state index contributed by atoms with van der Waals surface area (Å²) in [6.45, 7) is 0.970. The summed E-state index contributed by atoms with van der Waals surface area (Å²) in [5.41, 5.74) is 1.86. The van der Waals surface area contributed by atoms with Crippen LogP contribution in [0.25, 0.3) is 0 Å². The molecule has 1 heterocycles. The van der Waals surface area contributed by atoms with Gasteiger partial charge in [0, 0.05) is 30.9 Å². The van der Waals surface area contributed by atoms with Crippen molar-refractivity contribution in [1.82, 2.24) is 4.90 Å². The van der Waals surface area contributed by atoms with Crippen molar-refractivity contribution in [3.8, 4) is 0 Å². The Hall–Kier alpha value is -1.51. The summed E-state index contributed by atoms with van der Waals surface area (Å²) >= 11 is 0. The lowest BCUT2D eigenvalue weighted by atomic mass is 10.1. The molecular weight excluding hydrogens is 212 g/mol. The second-order valence-corrected chi connectivity index (χ2v) is 5.12. The molecule has 1 aromatic carbocycles. The van der Waals surface area contributed by atoms with Gasteiger partial charge in [-0.2, -0.15) is 0 Å². The van der Waals surface area contributed by atoms with Crippen molar-refractivity contribution in [2.45, 2.75) is 25.3 Å². The molecule has 1 saturated heterocycles. The number of anilines is 1. The van der Waals surface area contributed by atoms with Crippen LogP contribution in [0, 0.1) is 5.92 Å². The Labute approximate surface area is 102 Å². The lowest BCUT2D eigenvalue weighted by Crippen LogP contribution is -2.37. The third-order valence-electron chi connectivity index (χ3n) is 4.09. The highest BCUT2D eigenvalue weighted by molar-refractivity contribution is 5.95. The van der Waals surface area contributed by atoms with Gasteiger partial charge >= 0.3 is 0 Å². The first-order valence-corrected chi connectivity index (χ1v) is 6.36. The first-order chi connectivity index (χ1) is 8.28. The van der Waals surface area contributed by atoms with Crippen molar-refractivity contribution in [1.29, 1.82) is 0 Å². The zero-order chi connectivity index (χ0) is 11.8. The summed E-state index contributed by atoms with van der Waals surface area (Å²) in [7, 11) is 1.89. The number of hydrogen-bond donors (Lipinski definition) is 1. The van der Waals surface area contributed by atoms with Crippen LogP contribution in [0.5, 0.6) is 0 Å². The van der Waals surface area contributed by atoms with Crippen LogP contribution in [0.4, 0.5) is 5.69 Å². The monoisotopic (exact) mass is 230 g/mol. The minimum absolute atomic E-state index is 0.208. The summed E-state index contributed by atoms with van der Waals surface area (Å²) in [5.74, 6) is 0.973. The van der Waals surface area contributed by atoms with Crippen molar-refractivity contribution in [3.63, 3.8) is 0 Å². The number of likely N-dealkylation sites (tertiary alicyclic amines) is 1. The summed E-state index contributed by atoms with van der Waals surface area (Å²) in [4.78, 5) is 14.4. The number of hydrogen-bond acceptors (Lipinski definition) is 2. The maximum atomic E-state index is 12.3. The smallest absolute Gasteiger partial charge is 0.254 e. The molecule has 1 aliphatic carbocycles. The SMILES string of the molecule is CNc1ccc(C(=O)N2CC3CCC2C3)cc1. The molecule has 1 N–H and O–H groups in total. The van der Waals surface area contributed by atoms with Crippen LogP contribution in [0.1, 0.15) is 29.6 Å². The van der Waals surface area contributed by atoms with E-state index >= 15 is 0 Å². The van der Waals surface area contributed by atoms with Crippen LogP contribution in [0.15, 0.2) is 24.3 Å². The molecule has 90 valence electrons. The Bertz CT molecular complexity index is 426. The molecule has 2 unspecified atom stereocenters. The Balaban J connectivity index is 1.77. The van der Waals surface area contributed by atoms with Gasteiger partial charge in [-0.3, -0.25) is 4.79 Å². The van der Waals surface area contributed by atoms with Crippen molar-refractivity contribution >= 4 is 11.6 Å². The van der Waals surface area contributed by atoms with E-state index in [9.17, 15) is 4.79 Å².